The van der Waals surface area contributed by atoms with Gasteiger partial charge in [-0.2, -0.15) is 13.2 Å². The molecule has 3 nitrogen and oxygen atoms in total. The SMILES string of the molecule is CC(CC(F)(F)F)NCc1cc2ccccc2[nH]c1=O. The highest BCUT2D eigenvalue weighted by Crippen LogP contribution is 2.21. The minimum atomic E-state index is -4.21. The Hall–Kier alpha value is -1.82. The molecule has 1 aromatic heterocycles. The van der Waals surface area contributed by atoms with Crippen LogP contribution in [0, 0.1) is 0 Å². The number of aromatic amines is 1. The molecule has 2 aromatic rings. The summed E-state index contributed by atoms with van der Waals surface area (Å²) in [5.74, 6) is 0. The lowest BCUT2D eigenvalue weighted by Crippen LogP contribution is -2.32. The lowest BCUT2D eigenvalue weighted by atomic mass is 10.1. The van der Waals surface area contributed by atoms with Crippen molar-refractivity contribution in [2.45, 2.75) is 32.1 Å². The first-order valence-corrected chi connectivity index (χ1v) is 6.26. The van der Waals surface area contributed by atoms with Gasteiger partial charge in [0.05, 0.1) is 6.42 Å². The molecule has 0 aliphatic rings. The molecular formula is C14H15F3N2O. The van der Waals surface area contributed by atoms with Crippen molar-refractivity contribution in [2.75, 3.05) is 0 Å². The van der Waals surface area contributed by atoms with Gasteiger partial charge in [-0.05, 0) is 24.4 Å². The molecule has 0 spiro atoms. The topological polar surface area (TPSA) is 44.9 Å². The summed E-state index contributed by atoms with van der Waals surface area (Å²) in [5.41, 5.74) is 0.859. The van der Waals surface area contributed by atoms with Gasteiger partial charge in [0.2, 0.25) is 0 Å². The second-order valence-corrected chi connectivity index (χ2v) is 4.81. The Morgan fingerprint density at radius 3 is 2.70 bits per heavy atom. The standard InChI is InChI=1S/C14H15F3N2O/c1-9(7-14(15,16)17)18-8-11-6-10-4-2-3-5-12(10)19-13(11)20/h2-6,9,18H,7-8H2,1H3,(H,19,20). The van der Waals surface area contributed by atoms with Crippen LogP contribution in [0.15, 0.2) is 35.1 Å². The van der Waals surface area contributed by atoms with Crippen molar-refractivity contribution in [2.24, 2.45) is 0 Å². The molecule has 0 bridgehead atoms. The van der Waals surface area contributed by atoms with E-state index in [9.17, 15) is 18.0 Å². The molecule has 1 aromatic carbocycles. The zero-order valence-electron chi connectivity index (χ0n) is 10.9. The van der Waals surface area contributed by atoms with E-state index in [0.29, 0.717) is 11.1 Å². The third kappa shape index (κ3) is 3.84. The van der Waals surface area contributed by atoms with Gasteiger partial charge in [0, 0.05) is 23.7 Å². The maximum absolute atomic E-state index is 12.2. The zero-order valence-corrected chi connectivity index (χ0v) is 10.9. The molecule has 0 aliphatic carbocycles. The van der Waals surface area contributed by atoms with Gasteiger partial charge in [0.25, 0.3) is 5.56 Å². The van der Waals surface area contributed by atoms with Crippen LogP contribution in [0.25, 0.3) is 10.9 Å². The summed E-state index contributed by atoms with van der Waals surface area (Å²) in [7, 11) is 0. The predicted octanol–water partition coefficient (Wildman–Crippen LogP) is 2.96. The quantitative estimate of drug-likeness (QED) is 0.906. The number of fused-ring (bicyclic) bond motifs is 1. The lowest BCUT2D eigenvalue weighted by molar-refractivity contribution is -0.139. The van der Waals surface area contributed by atoms with Crippen LogP contribution >= 0.6 is 0 Å². The van der Waals surface area contributed by atoms with Crippen LogP contribution in [-0.2, 0) is 6.54 Å². The first-order valence-electron chi connectivity index (χ1n) is 6.26. The Morgan fingerprint density at radius 2 is 2.00 bits per heavy atom. The van der Waals surface area contributed by atoms with E-state index in [4.69, 9.17) is 0 Å². The van der Waals surface area contributed by atoms with Gasteiger partial charge in [-0.3, -0.25) is 4.79 Å². The molecular weight excluding hydrogens is 269 g/mol. The first-order chi connectivity index (χ1) is 9.35. The number of H-pyrrole nitrogens is 1. The third-order valence-corrected chi connectivity index (χ3v) is 3.01. The molecule has 0 amide bonds. The Balaban J connectivity index is 2.10. The van der Waals surface area contributed by atoms with Crippen molar-refractivity contribution in [1.29, 1.82) is 0 Å². The summed E-state index contributed by atoms with van der Waals surface area (Å²) < 4.78 is 36.6. The summed E-state index contributed by atoms with van der Waals surface area (Å²) in [4.78, 5) is 14.5. The van der Waals surface area contributed by atoms with E-state index in [1.54, 1.807) is 12.1 Å². The van der Waals surface area contributed by atoms with Crippen molar-refractivity contribution in [3.63, 3.8) is 0 Å². The van der Waals surface area contributed by atoms with Crippen LogP contribution in [0.2, 0.25) is 0 Å². The first kappa shape index (κ1) is 14.6. The largest absolute Gasteiger partial charge is 0.390 e. The van der Waals surface area contributed by atoms with E-state index >= 15 is 0 Å². The number of benzene rings is 1. The number of pyridine rings is 1. The maximum atomic E-state index is 12.2. The summed E-state index contributed by atoms with van der Waals surface area (Å²) in [6, 6.07) is 8.22. The summed E-state index contributed by atoms with van der Waals surface area (Å²) >= 11 is 0. The molecule has 0 saturated carbocycles. The number of hydrogen-bond acceptors (Lipinski definition) is 2. The molecule has 108 valence electrons. The van der Waals surface area contributed by atoms with Gasteiger partial charge in [-0.15, -0.1) is 0 Å². The number of rotatable bonds is 4. The number of halogens is 3. The van der Waals surface area contributed by atoms with E-state index in [0.717, 1.165) is 5.39 Å². The molecule has 0 radical (unpaired) electrons. The fourth-order valence-corrected chi connectivity index (χ4v) is 2.03. The Kier molecular flexibility index (Phi) is 4.13. The molecule has 0 saturated heterocycles. The summed E-state index contributed by atoms with van der Waals surface area (Å²) in [6.07, 6.45) is -5.12. The molecule has 2 rings (SSSR count). The normalized spacial score (nSPS) is 13.6. The van der Waals surface area contributed by atoms with Crippen LogP contribution in [0.3, 0.4) is 0 Å². The zero-order chi connectivity index (χ0) is 14.8. The monoisotopic (exact) mass is 284 g/mol. The van der Waals surface area contributed by atoms with E-state index in [-0.39, 0.29) is 12.1 Å². The van der Waals surface area contributed by atoms with Gasteiger partial charge in [0.15, 0.2) is 0 Å². The second kappa shape index (κ2) is 5.66. The molecule has 1 unspecified atom stereocenters. The average Bonchev–Trinajstić information content (AvgIpc) is 2.34. The highest BCUT2D eigenvalue weighted by Gasteiger charge is 2.29. The van der Waals surface area contributed by atoms with E-state index < -0.39 is 18.6 Å². The van der Waals surface area contributed by atoms with Crippen molar-refractivity contribution in [1.82, 2.24) is 10.3 Å². The number of nitrogens with one attached hydrogen (secondary N) is 2. The van der Waals surface area contributed by atoms with Crippen molar-refractivity contribution >= 4 is 10.9 Å². The number of aromatic nitrogens is 1. The molecule has 0 aliphatic heterocycles. The van der Waals surface area contributed by atoms with Crippen molar-refractivity contribution in [3.05, 3.63) is 46.2 Å². The van der Waals surface area contributed by atoms with Crippen LogP contribution in [0.5, 0.6) is 0 Å². The van der Waals surface area contributed by atoms with Gasteiger partial charge in [0.1, 0.15) is 0 Å². The molecule has 20 heavy (non-hydrogen) atoms. The average molecular weight is 284 g/mol. The summed E-state index contributed by atoms with van der Waals surface area (Å²) in [5, 5.41) is 3.58. The molecule has 2 N–H and O–H groups in total. The number of alkyl halides is 3. The maximum Gasteiger partial charge on any atom is 0.390 e. The highest BCUT2D eigenvalue weighted by molar-refractivity contribution is 5.78. The molecule has 0 fully saturated rings. The third-order valence-electron chi connectivity index (χ3n) is 3.01. The minimum absolute atomic E-state index is 0.109. The van der Waals surface area contributed by atoms with E-state index in [1.165, 1.54) is 6.92 Å². The molecule has 6 heteroatoms. The highest BCUT2D eigenvalue weighted by atomic mass is 19.4. The van der Waals surface area contributed by atoms with Crippen LogP contribution in [-0.4, -0.2) is 17.2 Å². The van der Waals surface area contributed by atoms with Crippen LogP contribution in [0.4, 0.5) is 13.2 Å². The minimum Gasteiger partial charge on any atom is -0.322 e. The van der Waals surface area contributed by atoms with Crippen molar-refractivity contribution < 1.29 is 13.2 Å². The lowest BCUT2D eigenvalue weighted by Gasteiger charge is -2.15. The van der Waals surface area contributed by atoms with E-state index in [1.807, 2.05) is 18.2 Å². The fraction of sp³-hybridized carbons (Fsp3) is 0.357. The Bertz CT molecular complexity index is 649. The predicted molar refractivity (Wildman–Crippen MR) is 71.5 cm³/mol. The Morgan fingerprint density at radius 1 is 1.30 bits per heavy atom. The smallest absolute Gasteiger partial charge is 0.322 e. The van der Waals surface area contributed by atoms with Gasteiger partial charge in [-0.1, -0.05) is 18.2 Å². The van der Waals surface area contributed by atoms with Crippen LogP contribution < -0.4 is 10.9 Å². The molecule has 1 atom stereocenters. The Labute approximate surface area is 113 Å². The summed E-state index contributed by atoms with van der Waals surface area (Å²) in [6.45, 7) is 1.56. The van der Waals surface area contributed by atoms with Gasteiger partial charge in [-0.25, -0.2) is 0 Å². The van der Waals surface area contributed by atoms with Crippen LogP contribution in [0.1, 0.15) is 18.9 Å². The van der Waals surface area contributed by atoms with Crippen molar-refractivity contribution in [3.8, 4) is 0 Å². The number of hydrogen-bond donors (Lipinski definition) is 2. The molecule has 1 heterocycles. The second-order valence-electron chi connectivity index (χ2n) is 4.81. The van der Waals surface area contributed by atoms with E-state index in [2.05, 4.69) is 10.3 Å². The number of para-hydroxylation sites is 1. The van der Waals surface area contributed by atoms with Gasteiger partial charge >= 0.3 is 6.18 Å². The fourth-order valence-electron chi connectivity index (χ4n) is 2.03. The van der Waals surface area contributed by atoms with Gasteiger partial charge < -0.3 is 10.3 Å².